The molecule has 0 radical (unpaired) electrons. The summed E-state index contributed by atoms with van der Waals surface area (Å²) in [6, 6.07) is 2.91. The van der Waals surface area contributed by atoms with E-state index in [0.717, 1.165) is 44.7 Å². The predicted molar refractivity (Wildman–Crippen MR) is 109 cm³/mol. The fourth-order valence-electron chi connectivity index (χ4n) is 4.25. The Labute approximate surface area is 172 Å². The molecule has 0 aliphatic carbocycles. The highest BCUT2D eigenvalue weighted by Crippen LogP contribution is 2.31. The first-order valence-corrected chi connectivity index (χ1v) is 9.14. The van der Waals surface area contributed by atoms with Gasteiger partial charge < -0.3 is 24.9 Å². The van der Waals surface area contributed by atoms with Crippen molar-refractivity contribution in [3.8, 4) is 0 Å². The molecule has 3 aliphatic rings. The number of fused-ring (bicyclic) bond motifs is 5. The van der Waals surface area contributed by atoms with Crippen LogP contribution in [0.5, 0.6) is 0 Å². The topological polar surface area (TPSA) is 97.3 Å². The van der Waals surface area contributed by atoms with Crippen molar-refractivity contribution in [3.63, 3.8) is 0 Å². The summed E-state index contributed by atoms with van der Waals surface area (Å²) in [5.74, 6) is -1.95. The average molecular weight is 432 g/mol. The molecule has 3 fully saturated rings. The van der Waals surface area contributed by atoms with E-state index in [2.05, 4.69) is 4.90 Å². The van der Waals surface area contributed by atoms with Gasteiger partial charge in [0.05, 0.1) is 17.7 Å². The summed E-state index contributed by atoms with van der Waals surface area (Å²) in [5.41, 5.74) is -0.477. The highest BCUT2D eigenvalue weighted by molar-refractivity contribution is 5.93. The second-order valence-corrected chi connectivity index (χ2v) is 7.15. The van der Waals surface area contributed by atoms with Gasteiger partial charge in [0.1, 0.15) is 18.1 Å². The maximum atomic E-state index is 15.0. The molecule has 2 aromatic rings. The van der Waals surface area contributed by atoms with Crippen molar-refractivity contribution in [2.45, 2.75) is 25.4 Å². The minimum atomic E-state index is -1.41. The molecule has 0 amide bonds. The van der Waals surface area contributed by atoms with Crippen LogP contribution in [-0.4, -0.2) is 64.9 Å². The summed E-state index contributed by atoms with van der Waals surface area (Å²) in [4.78, 5) is 28.2. The SMILES string of the molecule is Cl.O.O=C(O)c1cn(CCF)c2cc(N3CCN4CCC3CC4)c(F)cc2c1=O. The summed E-state index contributed by atoms with van der Waals surface area (Å²) in [7, 11) is 0. The lowest BCUT2D eigenvalue weighted by Gasteiger charge is -2.33. The van der Waals surface area contributed by atoms with Gasteiger partial charge in [-0.2, -0.15) is 0 Å². The van der Waals surface area contributed by atoms with Crippen LogP contribution >= 0.6 is 12.4 Å². The average Bonchev–Trinajstić information content (AvgIpc) is 2.97. The van der Waals surface area contributed by atoms with E-state index in [1.807, 2.05) is 4.90 Å². The lowest BCUT2D eigenvalue weighted by molar-refractivity contribution is 0.0694. The molecule has 10 heteroatoms. The number of nitrogens with zero attached hydrogens (tertiary/aromatic N) is 3. The van der Waals surface area contributed by atoms with E-state index in [1.54, 1.807) is 6.07 Å². The Balaban J connectivity index is 0.00000150. The molecule has 4 heterocycles. The molecule has 1 aromatic carbocycles. The zero-order valence-electron chi connectivity index (χ0n) is 15.7. The van der Waals surface area contributed by atoms with Crippen LogP contribution in [0.15, 0.2) is 23.1 Å². The van der Waals surface area contributed by atoms with Gasteiger partial charge in [-0.1, -0.05) is 0 Å². The monoisotopic (exact) mass is 431 g/mol. The number of hydrogen-bond donors (Lipinski definition) is 1. The molecule has 1 aromatic heterocycles. The van der Waals surface area contributed by atoms with E-state index in [0.29, 0.717) is 17.7 Å². The van der Waals surface area contributed by atoms with Gasteiger partial charge in [0.15, 0.2) is 0 Å². The second-order valence-electron chi connectivity index (χ2n) is 7.15. The smallest absolute Gasteiger partial charge is 0.341 e. The van der Waals surface area contributed by atoms with E-state index in [4.69, 9.17) is 0 Å². The van der Waals surface area contributed by atoms with Crippen molar-refractivity contribution < 1.29 is 24.2 Å². The number of benzene rings is 1. The Morgan fingerprint density at radius 1 is 1.17 bits per heavy atom. The first-order valence-electron chi connectivity index (χ1n) is 9.14. The number of aromatic nitrogens is 1. The summed E-state index contributed by atoms with van der Waals surface area (Å²) in [6.07, 6.45) is 3.05. The van der Waals surface area contributed by atoms with Crippen LogP contribution in [-0.2, 0) is 6.54 Å². The zero-order valence-corrected chi connectivity index (χ0v) is 16.6. The fraction of sp³-hybridized carbons (Fsp3) is 0.474. The molecule has 3 N–H and O–H groups in total. The second kappa shape index (κ2) is 9.06. The minimum absolute atomic E-state index is 0. The largest absolute Gasteiger partial charge is 0.477 e. The Hall–Kier alpha value is -2.23. The Kier molecular flexibility index (Phi) is 7.20. The number of pyridine rings is 1. The number of anilines is 1. The third-order valence-electron chi connectivity index (χ3n) is 5.67. The number of halogens is 3. The molecule has 0 atom stereocenters. The van der Waals surface area contributed by atoms with Crippen molar-refractivity contribution in [1.29, 1.82) is 0 Å². The third kappa shape index (κ3) is 4.08. The van der Waals surface area contributed by atoms with Gasteiger partial charge in [0.25, 0.3) is 0 Å². The number of rotatable bonds is 4. The molecule has 2 bridgehead atoms. The maximum absolute atomic E-state index is 15.0. The Morgan fingerprint density at radius 3 is 2.48 bits per heavy atom. The van der Waals surface area contributed by atoms with Gasteiger partial charge in [-0.15, -0.1) is 12.4 Å². The maximum Gasteiger partial charge on any atom is 0.341 e. The van der Waals surface area contributed by atoms with E-state index >= 15 is 0 Å². The van der Waals surface area contributed by atoms with Crippen LogP contribution in [0.1, 0.15) is 23.2 Å². The number of carboxylic acid groups (broad SMARTS) is 1. The van der Waals surface area contributed by atoms with Crippen molar-refractivity contribution >= 4 is 35.0 Å². The van der Waals surface area contributed by atoms with Crippen LogP contribution in [0.4, 0.5) is 14.5 Å². The molecule has 29 heavy (non-hydrogen) atoms. The molecule has 0 saturated carbocycles. The number of hydrogen-bond acceptors (Lipinski definition) is 4. The normalized spacial score (nSPS) is 20.7. The summed E-state index contributed by atoms with van der Waals surface area (Å²) >= 11 is 0. The first kappa shape index (κ1) is 23.1. The van der Waals surface area contributed by atoms with E-state index < -0.39 is 29.5 Å². The van der Waals surface area contributed by atoms with Crippen molar-refractivity contribution in [2.75, 3.05) is 37.8 Å². The van der Waals surface area contributed by atoms with E-state index in [-0.39, 0.29) is 35.9 Å². The zero-order chi connectivity index (χ0) is 19.1. The minimum Gasteiger partial charge on any atom is -0.477 e. The van der Waals surface area contributed by atoms with Gasteiger partial charge in [-0.3, -0.25) is 4.79 Å². The van der Waals surface area contributed by atoms with E-state index in [9.17, 15) is 23.5 Å². The predicted octanol–water partition coefficient (Wildman–Crippen LogP) is 1.69. The van der Waals surface area contributed by atoms with Gasteiger partial charge in [-0.05, 0) is 25.0 Å². The van der Waals surface area contributed by atoms with Crippen molar-refractivity contribution in [3.05, 3.63) is 39.9 Å². The van der Waals surface area contributed by atoms with Gasteiger partial charge in [-0.25, -0.2) is 13.6 Å². The lowest BCUT2D eigenvalue weighted by atomic mass is 10.0. The fourth-order valence-corrected chi connectivity index (χ4v) is 4.25. The molecular formula is C19H24ClF2N3O4. The third-order valence-corrected chi connectivity index (χ3v) is 5.67. The van der Waals surface area contributed by atoms with Gasteiger partial charge in [0.2, 0.25) is 5.43 Å². The van der Waals surface area contributed by atoms with Crippen LogP contribution in [0.3, 0.4) is 0 Å². The molecule has 7 nitrogen and oxygen atoms in total. The lowest BCUT2D eigenvalue weighted by Crippen LogP contribution is -2.38. The number of aryl methyl sites for hydroxylation is 1. The van der Waals surface area contributed by atoms with E-state index in [1.165, 1.54) is 4.57 Å². The quantitative estimate of drug-likeness (QED) is 0.794. The molecule has 0 spiro atoms. The molecule has 3 saturated heterocycles. The number of piperidine rings is 1. The number of carbonyl (C=O) groups is 1. The van der Waals surface area contributed by atoms with Gasteiger partial charge >= 0.3 is 5.97 Å². The number of aromatic carboxylic acids is 1. The molecule has 0 unspecified atom stereocenters. The van der Waals surface area contributed by atoms with Crippen molar-refractivity contribution in [1.82, 2.24) is 9.47 Å². The first-order chi connectivity index (χ1) is 13.0. The van der Waals surface area contributed by atoms with Gasteiger partial charge in [0, 0.05) is 43.8 Å². The standard InChI is InChI=1S/C19H21F2N3O3.ClH.H2O/c20-3-6-23-11-14(19(26)27)18(25)13-9-15(21)17(10-16(13)23)24-8-7-22-4-1-12(24)2-5-22;;/h9-12H,1-8H2,(H,26,27);1H;1H2. The number of alkyl halides is 1. The summed E-state index contributed by atoms with van der Waals surface area (Å²) in [5, 5.41) is 9.20. The molecular weight excluding hydrogens is 408 g/mol. The van der Waals surface area contributed by atoms with Crippen molar-refractivity contribution in [2.24, 2.45) is 0 Å². The van der Waals surface area contributed by atoms with Crippen LogP contribution in [0.2, 0.25) is 0 Å². The Bertz CT molecular complexity index is 961. The Morgan fingerprint density at radius 2 is 1.86 bits per heavy atom. The number of carboxylic acids is 1. The summed E-state index contributed by atoms with van der Waals surface area (Å²) in [6.45, 7) is 2.71. The summed E-state index contributed by atoms with van der Waals surface area (Å²) < 4.78 is 29.4. The molecule has 5 rings (SSSR count). The van der Waals surface area contributed by atoms with Crippen LogP contribution in [0.25, 0.3) is 10.9 Å². The van der Waals surface area contributed by atoms with Crippen LogP contribution in [0, 0.1) is 5.82 Å². The highest BCUT2D eigenvalue weighted by Gasteiger charge is 2.31. The molecule has 3 aliphatic heterocycles. The molecule has 160 valence electrons. The highest BCUT2D eigenvalue weighted by atomic mass is 35.5. The van der Waals surface area contributed by atoms with Crippen LogP contribution < -0.4 is 10.3 Å².